The number of imidazole rings is 1. The van der Waals surface area contributed by atoms with Crippen LogP contribution in [0.4, 0.5) is 0 Å². The zero-order chi connectivity index (χ0) is 53.6. The Bertz CT molecular complexity index is 2870. The van der Waals surface area contributed by atoms with E-state index in [1.165, 1.54) is 0 Å². The lowest BCUT2D eigenvalue weighted by atomic mass is 9.76. The Balaban J connectivity index is 0.000000233. The van der Waals surface area contributed by atoms with Gasteiger partial charge in [-0.1, -0.05) is 190 Å². The molecular formula is C60H67Cl5N4O2P2. The number of hydrogen-bond donors (Lipinski definition) is 1. The topological polar surface area (TPSA) is 71.0 Å². The predicted octanol–water partition coefficient (Wildman–Crippen LogP) is 15.6. The fourth-order valence-corrected chi connectivity index (χ4v) is 10.1. The molecule has 0 bridgehead atoms. The maximum absolute atomic E-state index is 11.6. The van der Waals surface area contributed by atoms with E-state index in [1.807, 2.05) is 147 Å². The number of halogens is 5. The third-order valence-corrected chi connectivity index (χ3v) is 14.1. The van der Waals surface area contributed by atoms with Crippen LogP contribution in [0.5, 0.6) is 0 Å². The second kappa shape index (κ2) is 30.7. The summed E-state index contributed by atoms with van der Waals surface area (Å²) in [6.45, 7) is 16.4. The summed E-state index contributed by atoms with van der Waals surface area (Å²) in [7, 11) is 5.42. The van der Waals surface area contributed by atoms with Gasteiger partial charge in [0, 0.05) is 63.3 Å². The number of rotatable bonds is 14. The highest BCUT2D eigenvalue weighted by atomic mass is 35.5. The number of aldehydes is 2. The number of H-pyrrole nitrogens is 1. The quantitative estimate of drug-likeness (QED) is 0.0510. The van der Waals surface area contributed by atoms with E-state index in [0.717, 1.165) is 86.6 Å². The molecule has 0 saturated heterocycles. The highest BCUT2D eigenvalue weighted by Gasteiger charge is 2.41. The fraction of sp³-hybridized carbons (Fsp3) is 0.250. The minimum atomic E-state index is -0.808. The van der Waals surface area contributed by atoms with Gasteiger partial charge in [0.15, 0.2) is 12.6 Å². The molecule has 1 N–H and O–H groups in total. The Hall–Kier alpha value is -4.58. The molecule has 0 spiro atoms. The van der Waals surface area contributed by atoms with Gasteiger partial charge in [-0.2, -0.15) is 0 Å². The molecule has 8 rings (SSSR count). The van der Waals surface area contributed by atoms with Gasteiger partial charge in [-0.3, -0.25) is 14.5 Å². The van der Waals surface area contributed by atoms with E-state index in [4.69, 9.17) is 58.0 Å². The van der Waals surface area contributed by atoms with E-state index in [1.54, 1.807) is 6.20 Å². The highest BCUT2D eigenvalue weighted by molar-refractivity contribution is 7.27. The number of carbonyl (C=O) groups excluding carboxylic acids is 2. The van der Waals surface area contributed by atoms with Crippen molar-refractivity contribution in [2.24, 2.45) is 0 Å². The van der Waals surface area contributed by atoms with E-state index in [0.29, 0.717) is 34.2 Å². The van der Waals surface area contributed by atoms with E-state index in [-0.39, 0.29) is 5.34 Å². The smallest absolute Gasteiger partial charge is 0.170 e. The van der Waals surface area contributed by atoms with Crippen LogP contribution >= 0.6 is 76.5 Å². The van der Waals surface area contributed by atoms with Crippen molar-refractivity contribution < 1.29 is 9.59 Å². The Morgan fingerprint density at radius 1 is 0.616 bits per heavy atom. The fourth-order valence-electron chi connectivity index (χ4n) is 8.74. The van der Waals surface area contributed by atoms with Gasteiger partial charge in [-0.25, -0.2) is 4.98 Å². The Labute approximate surface area is 463 Å². The Morgan fingerprint density at radius 3 is 1.45 bits per heavy atom. The van der Waals surface area contributed by atoms with E-state index in [9.17, 15) is 9.59 Å². The van der Waals surface area contributed by atoms with Gasteiger partial charge in [-0.05, 0) is 91.7 Å². The SMILES string of the molecule is CCN(C(C)C)C(C)C.CCc1cc(C=O)c[nH]1.CCc1nc(C=O)cn1C(c1ccccc1)(c1ccc(P)cc1)c1ccccc1Cl.ClCCl.Pc1ccc(C(Cl)(c2ccccc2)c2ccccc2Cl)cc1. The van der Waals surface area contributed by atoms with Crippen LogP contribution in [0.1, 0.15) is 114 Å². The number of carbonyl (C=O) groups is 2. The van der Waals surface area contributed by atoms with Gasteiger partial charge in [0.2, 0.25) is 0 Å². The largest absolute Gasteiger partial charge is 0.364 e. The molecule has 0 aliphatic rings. The third-order valence-electron chi connectivity index (χ3n) is 12.1. The lowest BCUT2D eigenvalue weighted by Gasteiger charge is -2.39. The average Bonchev–Trinajstić information content (AvgIpc) is 4.07. The second-order valence-electron chi connectivity index (χ2n) is 17.3. The summed E-state index contributed by atoms with van der Waals surface area (Å²) in [6.07, 6.45) is 6.81. The molecular weight excluding hydrogens is 1050 g/mol. The molecule has 0 radical (unpaired) electrons. The number of hydrogen-bond acceptors (Lipinski definition) is 4. The first-order valence-corrected chi connectivity index (χ1v) is 27.5. The zero-order valence-corrected chi connectivity index (χ0v) is 48.7. The van der Waals surface area contributed by atoms with Crippen LogP contribution in [0.2, 0.25) is 10.0 Å². The van der Waals surface area contributed by atoms with Crippen LogP contribution in [-0.2, 0) is 23.3 Å². The number of benzene rings is 6. The van der Waals surface area contributed by atoms with E-state index < -0.39 is 10.4 Å². The minimum Gasteiger partial charge on any atom is -0.364 e. The van der Waals surface area contributed by atoms with Gasteiger partial charge in [-0.15, -0.1) is 53.3 Å². The van der Waals surface area contributed by atoms with Gasteiger partial charge < -0.3 is 9.55 Å². The summed E-state index contributed by atoms with van der Waals surface area (Å²) < 4.78 is 2.10. The van der Waals surface area contributed by atoms with Crippen LogP contribution in [0.15, 0.2) is 176 Å². The zero-order valence-electron chi connectivity index (χ0n) is 42.6. The summed E-state index contributed by atoms with van der Waals surface area (Å²) in [4.78, 5) is 31.0. The van der Waals surface area contributed by atoms with Gasteiger partial charge in [0.05, 0.1) is 5.34 Å². The van der Waals surface area contributed by atoms with Gasteiger partial charge in [0.25, 0.3) is 0 Å². The number of nitrogens with zero attached hydrogens (tertiary/aromatic N) is 3. The lowest BCUT2D eigenvalue weighted by molar-refractivity contribution is 0.111. The Morgan fingerprint density at radius 2 is 1.05 bits per heavy atom. The standard InChI is InChI=1S/C25H22ClN2OP.C19H15Cl2P.C8H19N.C7H9NO.CH2Cl2/c1-2-24-27-20(17-29)16-28(24)25(18-8-4-3-5-9-18,19-12-14-21(30)15-13-19)22-10-6-7-11-23(22)26;20-18-9-5-4-8-17(18)19(21,14-6-2-1-3-7-14)15-10-12-16(22)13-11-15;1-6-9(7(2)3)8(4)5;1-2-7-3-6(5-9)4-8-7;2-1-3/h3-17H,2,30H2,1H3;1-13H,22H2;7-8H,6H2,1-5H3;3-5,8H,2H2,1H3;1H2. The van der Waals surface area contributed by atoms with Crippen LogP contribution in [-0.4, -0.2) is 56.0 Å². The molecule has 384 valence electrons. The van der Waals surface area contributed by atoms with E-state index >= 15 is 0 Å². The second-order valence-corrected chi connectivity index (χ2v) is 20.8. The predicted molar refractivity (Wildman–Crippen MR) is 320 cm³/mol. The van der Waals surface area contributed by atoms with Crippen LogP contribution in [0, 0.1) is 0 Å². The lowest BCUT2D eigenvalue weighted by Crippen LogP contribution is -2.39. The van der Waals surface area contributed by atoms with Crippen molar-refractivity contribution in [2.45, 2.75) is 83.8 Å². The minimum absolute atomic E-state index is 0.194. The van der Waals surface area contributed by atoms with Crippen molar-refractivity contribution >= 4 is 99.7 Å². The van der Waals surface area contributed by atoms with Crippen LogP contribution in [0.25, 0.3) is 0 Å². The number of nitrogens with one attached hydrogen (secondary N) is 1. The molecule has 6 aromatic carbocycles. The number of aryl methyl sites for hydroxylation is 2. The summed E-state index contributed by atoms with van der Waals surface area (Å²) in [6, 6.07) is 55.6. The molecule has 2 aromatic heterocycles. The molecule has 6 nitrogen and oxygen atoms in total. The molecule has 13 heteroatoms. The molecule has 0 aliphatic heterocycles. The van der Waals surface area contributed by atoms with Gasteiger partial charge in [0.1, 0.15) is 21.9 Å². The number of aromatic nitrogens is 3. The number of aromatic amines is 1. The number of alkyl halides is 3. The molecule has 0 saturated carbocycles. The van der Waals surface area contributed by atoms with Crippen LogP contribution < -0.4 is 10.6 Å². The monoisotopic (exact) mass is 1110 g/mol. The molecule has 73 heavy (non-hydrogen) atoms. The first-order valence-electron chi connectivity index (χ1n) is 24.2. The molecule has 4 atom stereocenters. The molecule has 4 unspecified atom stereocenters. The molecule has 0 aliphatic carbocycles. The van der Waals surface area contributed by atoms with Crippen molar-refractivity contribution in [1.82, 2.24) is 19.4 Å². The maximum Gasteiger partial charge on any atom is 0.170 e. The third kappa shape index (κ3) is 16.0. The van der Waals surface area contributed by atoms with E-state index in [2.05, 4.69) is 109 Å². The van der Waals surface area contributed by atoms with Crippen molar-refractivity contribution in [3.8, 4) is 0 Å². The molecule has 8 aromatic rings. The summed E-state index contributed by atoms with van der Waals surface area (Å²) >= 11 is 30.0. The maximum atomic E-state index is 11.6. The summed E-state index contributed by atoms with van der Waals surface area (Å²) in [5.74, 6) is 0.816. The normalized spacial score (nSPS) is 12.3. The summed E-state index contributed by atoms with van der Waals surface area (Å²) in [5.41, 5.74) is 7.36. The first-order chi connectivity index (χ1) is 35.1. The molecule has 0 amide bonds. The molecule has 2 heterocycles. The van der Waals surface area contributed by atoms with Crippen molar-refractivity contribution in [2.75, 3.05) is 11.9 Å². The Kier molecular flexibility index (Phi) is 25.6. The van der Waals surface area contributed by atoms with Gasteiger partial charge >= 0.3 is 0 Å². The van der Waals surface area contributed by atoms with Crippen LogP contribution in [0.3, 0.4) is 0 Å². The highest BCUT2D eigenvalue weighted by Crippen LogP contribution is 2.46. The first kappa shape index (κ1) is 61.0. The molecule has 0 fully saturated rings. The van der Waals surface area contributed by atoms with Crippen molar-refractivity contribution in [1.29, 1.82) is 0 Å². The van der Waals surface area contributed by atoms with Crippen molar-refractivity contribution in [3.63, 3.8) is 0 Å². The average molecular weight is 1120 g/mol. The van der Waals surface area contributed by atoms with Crippen molar-refractivity contribution in [3.05, 3.63) is 242 Å². The summed E-state index contributed by atoms with van der Waals surface area (Å²) in [5, 5.41) is 3.72.